The maximum atomic E-state index is 12.8. The minimum Gasteiger partial charge on any atom is -0.491 e. The Morgan fingerprint density at radius 1 is 0.487 bits per heavy atom. The lowest BCUT2D eigenvalue weighted by Gasteiger charge is -2.15. The molecule has 4 aromatic carbocycles. The third kappa shape index (κ3) is 16.5. The number of aliphatic imine (C=N–C) groups is 2. The summed E-state index contributed by atoms with van der Waals surface area (Å²) < 4.78 is 55.8. The van der Waals surface area contributed by atoms with Crippen LogP contribution in [0.15, 0.2) is 94.9 Å². The second-order valence-corrected chi connectivity index (χ2v) is 19.1. The number of ether oxygens (including phenoxy) is 9. The Morgan fingerprint density at radius 3 is 1.19 bits per heavy atom. The number of aromatic nitrogens is 6. The molecule has 8 rings (SSSR count). The molecule has 0 fully saturated rings. The summed E-state index contributed by atoms with van der Waals surface area (Å²) in [4.78, 5) is 35.6. The molecular weight excluding hydrogens is 1070 g/mol. The van der Waals surface area contributed by atoms with Gasteiger partial charge in [-0.05, 0) is 81.4 Å². The maximum Gasteiger partial charge on any atom is 0.222 e. The van der Waals surface area contributed by atoms with E-state index < -0.39 is 12.1 Å². The molecule has 2 N–H and O–H groups in total. The van der Waals surface area contributed by atoms with Crippen LogP contribution in [0.2, 0.25) is 10.0 Å². The van der Waals surface area contributed by atoms with Gasteiger partial charge in [0, 0.05) is 45.9 Å². The van der Waals surface area contributed by atoms with E-state index in [2.05, 4.69) is 31.0 Å². The number of benzene rings is 4. The van der Waals surface area contributed by atoms with Crippen molar-refractivity contribution in [3.8, 4) is 22.9 Å². The summed E-state index contributed by atoms with van der Waals surface area (Å²) in [6.45, 7) is 12.7. The van der Waals surface area contributed by atoms with Gasteiger partial charge in [-0.3, -0.25) is 28.7 Å². The van der Waals surface area contributed by atoms with Crippen molar-refractivity contribution in [1.29, 1.82) is 0 Å². The zero-order chi connectivity index (χ0) is 56.1. The smallest absolute Gasteiger partial charge is 0.222 e. The predicted molar refractivity (Wildman–Crippen MR) is 301 cm³/mol. The third-order valence-electron chi connectivity index (χ3n) is 12.7. The van der Waals surface area contributed by atoms with Gasteiger partial charge in [0.1, 0.15) is 48.4 Å². The third-order valence-corrected chi connectivity index (χ3v) is 13.2. The van der Waals surface area contributed by atoms with Gasteiger partial charge in [-0.15, -0.1) is 20.4 Å². The Hall–Kier alpha value is -6.66. The average Bonchev–Trinajstić information content (AvgIpc) is 4.14. The predicted octanol–water partition coefficient (Wildman–Crippen LogP) is 6.79. The second kappa shape index (κ2) is 30.8. The molecule has 2 aliphatic rings. The fourth-order valence-electron chi connectivity index (χ4n) is 8.86. The van der Waals surface area contributed by atoms with Gasteiger partial charge in [-0.1, -0.05) is 47.5 Å². The lowest BCUT2D eigenvalue weighted by Crippen LogP contribution is -2.25. The summed E-state index contributed by atoms with van der Waals surface area (Å²) in [5.74, 6) is 3.52. The van der Waals surface area contributed by atoms with E-state index in [1.54, 1.807) is 7.05 Å². The van der Waals surface area contributed by atoms with Crippen molar-refractivity contribution in [2.75, 3.05) is 119 Å². The van der Waals surface area contributed by atoms with Crippen LogP contribution in [0, 0.1) is 13.8 Å². The first kappa shape index (κ1) is 59.5. The van der Waals surface area contributed by atoms with Crippen LogP contribution in [0.1, 0.15) is 77.4 Å². The van der Waals surface area contributed by atoms with Crippen molar-refractivity contribution in [2.24, 2.45) is 9.98 Å². The fourth-order valence-corrected chi connectivity index (χ4v) is 9.11. The second-order valence-electron chi connectivity index (χ2n) is 18.3. The van der Waals surface area contributed by atoms with Gasteiger partial charge >= 0.3 is 0 Å². The number of carbonyl (C=O) groups is 2. The Bertz CT molecular complexity index is 3030. The molecule has 2 atom stereocenters. The minimum atomic E-state index is -0.567. The number of halogens is 2. The molecule has 0 bridgehead atoms. The van der Waals surface area contributed by atoms with Crippen LogP contribution >= 0.6 is 23.2 Å². The molecule has 0 radical (unpaired) electrons. The molecule has 80 heavy (non-hydrogen) atoms. The largest absolute Gasteiger partial charge is 0.491 e. The molecule has 0 saturated carbocycles. The monoisotopic (exact) mass is 1140 g/mol. The van der Waals surface area contributed by atoms with Crippen molar-refractivity contribution in [3.63, 3.8) is 0 Å². The zero-order valence-corrected chi connectivity index (χ0v) is 47.0. The van der Waals surface area contributed by atoms with Gasteiger partial charge in [0.25, 0.3) is 0 Å². The first-order chi connectivity index (χ1) is 39.1. The number of fused-ring (bicyclic) bond motifs is 6. The Labute approximate surface area is 475 Å². The Balaban J connectivity index is 0.633. The summed E-state index contributed by atoms with van der Waals surface area (Å²) in [5, 5.41) is 24.3. The van der Waals surface area contributed by atoms with E-state index in [9.17, 15) is 9.59 Å². The van der Waals surface area contributed by atoms with Crippen LogP contribution < -0.4 is 20.1 Å². The van der Waals surface area contributed by atoms with E-state index in [0.717, 1.165) is 33.6 Å². The molecule has 2 amide bonds. The van der Waals surface area contributed by atoms with Gasteiger partial charge in [-0.2, -0.15) is 0 Å². The van der Waals surface area contributed by atoms with E-state index in [4.69, 9.17) is 75.8 Å². The zero-order valence-electron chi connectivity index (χ0n) is 45.5. The highest BCUT2D eigenvalue weighted by molar-refractivity contribution is 6.31. The average molecular weight is 1140 g/mol. The van der Waals surface area contributed by atoms with Gasteiger partial charge in [0.05, 0.1) is 128 Å². The SMILES string of the molecule is CCNC(=O)CC1N=C(c2ccc(Cl)cc2)c2cc(OCCOCCOCCOCCOCCOCCOCCOCCOc3ccc4c(c3)C(c3ccc(Cl)cc3)=NC(CC(=O)NC)c3nnc(C)n3-4)ccc2-n2c(C)nnc21. The van der Waals surface area contributed by atoms with Crippen LogP contribution in [0.25, 0.3) is 11.4 Å². The Kier molecular flexibility index (Phi) is 22.9. The highest BCUT2D eigenvalue weighted by atomic mass is 35.5. The highest BCUT2D eigenvalue weighted by Gasteiger charge is 2.32. The standard InChI is InChI=1S/C57H68Cl2N10O11/c1-5-61-53(71)37-49-57-67-65-39(3)69(57)51-17-15-45(35-47(51)55(63-49)41-8-12-43(59)13-9-41)80-33-31-78-29-27-76-25-23-74-21-19-72-18-20-73-22-24-75-26-28-77-30-32-79-44-14-16-50-46(34-44)54(40-6-10-42(58)11-7-40)62-48(36-52(70)60-4)56-66-64-38(2)68(50)56/h6-17,34-35,48-49H,5,18-33,36-37H2,1-4H3,(H,60,70)(H,61,71). The summed E-state index contributed by atoms with van der Waals surface area (Å²) in [6.07, 6.45) is 0.225. The van der Waals surface area contributed by atoms with Crippen LogP contribution in [-0.4, -0.2) is 172 Å². The first-order valence-corrected chi connectivity index (χ1v) is 27.4. The number of aryl methyl sites for hydroxylation is 2. The molecule has 0 saturated heterocycles. The van der Waals surface area contributed by atoms with E-state index in [-0.39, 0.29) is 24.7 Å². The number of carbonyl (C=O) groups excluding carboxylic acids is 2. The van der Waals surface area contributed by atoms with Crippen molar-refractivity contribution >= 4 is 46.4 Å². The lowest BCUT2D eigenvalue weighted by molar-refractivity contribution is -0.122. The van der Waals surface area contributed by atoms with Gasteiger partial charge in [0.15, 0.2) is 11.6 Å². The van der Waals surface area contributed by atoms with Crippen LogP contribution in [-0.2, 0) is 42.7 Å². The van der Waals surface area contributed by atoms with E-state index in [0.29, 0.717) is 169 Å². The number of nitrogens with one attached hydrogen (secondary N) is 2. The lowest BCUT2D eigenvalue weighted by atomic mass is 10.00. The van der Waals surface area contributed by atoms with Crippen LogP contribution in [0.3, 0.4) is 0 Å². The van der Waals surface area contributed by atoms with Crippen molar-refractivity contribution < 1.29 is 52.2 Å². The van der Waals surface area contributed by atoms with Crippen molar-refractivity contribution in [3.05, 3.63) is 141 Å². The number of hydrogen-bond acceptors (Lipinski definition) is 17. The highest BCUT2D eigenvalue weighted by Crippen LogP contribution is 2.36. The van der Waals surface area contributed by atoms with E-state index >= 15 is 0 Å². The van der Waals surface area contributed by atoms with Gasteiger partial charge in [-0.25, -0.2) is 0 Å². The minimum absolute atomic E-state index is 0.107. The quantitative estimate of drug-likeness (QED) is 0.0405. The normalized spacial score (nSPS) is 14.4. The summed E-state index contributed by atoms with van der Waals surface area (Å²) >= 11 is 12.5. The summed E-state index contributed by atoms with van der Waals surface area (Å²) in [6, 6.07) is 25.3. The topological polar surface area (TPSA) is 227 Å². The molecule has 426 valence electrons. The molecule has 0 spiro atoms. The van der Waals surface area contributed by atoms with Crippen LogP contribution in [0.5, 0.6) is 11.5 Å². The van der Waals surface area contributed by atoms with Gasteiger partial charge < -0.3 is 53.3 Å². The van der Waals surface area contributed by atoms with E-state index in [1.165, 1.54) is 0 Å². The molecule has 2 unspecified atom stereocenters. The number of hydrogen-bond donors (Lipinski definition) is 2. The number of amides is 2. The van der Waals surface area contributed by atoms with Crippen molar-refractivity contribution in [2.45, 2.75) is 45.7 Å². The molecule has 2 aliphatic heterocycles. The van der Waals surface area contributed by atoms with Crippen LogP contribution in [0.4, 0.5) is 0 Å². The molecule has 2 aromatic heterocycles. The molecule has 21 nitrogen and oxygen atoms in total. The molecule has 0 aliphatic carbocycles. The van der Waals surface area contributed by atoms with Crippen molar-refractivity contribution in [1.82, 2.24) is 40.2 Å². The molecular formula is C57H68Cl2N10O11. The summed E-state index contributed by atoms with van der Waals surface area (Å²) in [5.41, 5.74) is 6.34. The first-order valence-electron chi connectivity index (χ1n) is 26.7. The Morgan fingerprint density at radius 2 is 0.838 bits per heavy atom. The van der Waals surface area contributed by atoms with E-state index in [1.807, 2.05) is 115 Å². The number of rotatable bonds is 33. The van der Waals surface area contributed by atoms with Gasteiger partial charge in [0.2, 0.25) is 11.8 Å². The molecule has 4 heterocycles. The fraction of sp³-hybridized carbons (Fsp3) is 0.439. The number of nitrogens with zero attached hydrogens (tertiary/aromatic N) is 8. The maximum absolute atomic E-state index is 12.8. The summed E-state index contributed by atoms with van der Waals surface area (Å²) in [7, 11) is 1.60. The molecule has 6 aromatic rings. The molecule has 23 heteroatoms.